The molecule has 0 aliphatic rings. The van der Waals surface area contributed by atoms with Crippen LogP contribution in [-0.2, 0) is 16.4 Å². The van der Waals surface area contributed by atoms with Crippen molar-refractivity contribution >= 4 is 9.84 Å². The second-order valence-corrected chi connectivity index (χ2v) is 6.74. The van der Waals surface area contributed by atoms with Gasteiger partial charge >= 0.3 is 0 Å². The lowest BCUT2D eigenvalue weighted by atomic mass is 10.1. The summed E-state index contributed by atoms with van der Waals surface area (Å²) < 4.78 is 27.2. The minimum atomic E-state index is -2.85. The van der Waals surface area contributed by atoms with Crippen LogP contribution in [0.15, 0.2) is 18.2 Å². The van der Waals surface area contributed by atoms with Crippen molar-refractivity contribution in [3.63, 3.8) is 0 Å². The lowest BCUT2D eigenvalue weighted by molar-refractivity contribution is 0.407. The first-order chi connectivity index (χ1) is 8.42. The Morgan fingerprint density at radius 2 is 2.06 bits per heavy atom. The molecule has 0 amide bonds. The van der Waals surface area contributed by atoms with Crippen LogP contribution in [0, 0.1) is 6.92 Å². The molecule has 102 valence electrons. The average molecular weight is 271 g/mol. The summed E-state index contributed by atoms with van der Waals surface area (Å²) in [5.74, 6) is 1.08. The zero-order valence-corrected chi connectivity index (χ0v) is 12.0. The molecule has 0 aromatic heterocycles. The van der Waals surface area contributed by atoms with Crippen molar-refractivity contribution in [1.29, 1.82) is 0 Å². The summed E-state index contributed by atoms with van der Waals surface area (Å²) in [7, 11) is -1.20. The van der Waals surface area contributed by atoms with E-state index < -0.39 is 9.84 Å². The van der Waals surface area contributed by atoms with Gasteiger partial charge in [-0.3, -0.25) is 0 Å². The molecule has 18 heavy (non-hydrogen) atoms. The molecule has 0 unspecified atom stereocenters. The van der Waals surface area contributed by atoms with Gasteiger partial charge in [-0.2, -0.15) is 0 Å². The Kier molecular flexibility index (Phi) is 5.62. The maximum Gasteiger partial charge on any atom is 0.147 e. The van der Waals surface area contributed by atoms with E-state index in [0.29, 0.717) is 19.5 Å². The summed E-state index contributed by atoms with van der Waals surface area (Å²) >= 11 is 0. The second-order valence-electron chi connectivity index (χ2n) is 4.48. The topological polar surface area (TPSA) is 55.4 Å². The zero-order chi connectivity index (χ0) is 13.6. The molecule has 0 aliphatic carbocycles. The minimum Gasteiger partial charge on any atom is -0.496 e. The molecule has 0 fully saturated rings. The Balaban J connectivity index is 2.41. The van der Waals surface area contributed by atoms with E-state index in [1.54, 1.807) is 7.11 Å². The van der Waals surface area contributed by atoms with Crippen molar-refractivity contribution in [2.45, 2.75) is 19.9 Å². The van der Waals surface area contributed by atoms with Gasteiger partial charge in [0.15, 0.2) is 0 Å². The fraction of sp³-hybridized carbons (Fsp3) is 0.538. The van der Waals surface area contributed by atoms with E-state index in [1.165, 1.54) is 11.8 Å². The molecule has 1 rings (SSSR count). The molecule has 0 saturated heterocycles. The molecule has 0 atom stereocenters. The molecule has 0 spiro atoms. The molecular formula is C13H21NO3S. The Hall–Kier alpha value is -1.07. The Labute approximate surface area is 109 Å². The van der Waals surface area contributed by atoms with Gasteiger partial charge in [0.05, 0.1) is 12.9 Å². The first kappa shape index (κ1) is 15.0. The van der Waals surface area contributed by atoms with Gasteiger partial charge in [-0.25, -0.2) is 8.42 Å². The molecule has 0 saturated carbocycles. The Bertz CT molecular complexity index is 483. The van der Waals surface area contributed by atoms with E-state index in [2.05, 4.69) is 11.4 Å². The zero-order valence-electron chi connectivity index (χ0n) is 11.2. The van der Waals surface area contributed by atoms with Crippen LogP contribution in [0.1, 0.15) is 17.5 Å². The van der Waals surface area contributed by atoms with Crippen molar-refractivity contribution in [2.24, 2.45) is 0 Å². The van der Waals surface area contributed by atoms with Crippen molar-refractivity contribution in [3.8, 4) is 5.75 Å². The predicted octanol–water partition coefficient (Wildman–Crippen LogP) is 1.53. The molecule has 5 heteroatoms. The Morgan fingerprint density at radius 3 is 2.67 bits per heavy atom. The van der Waals surface area contributed by atoms with Crippen LogP contribution < -0.4 is 10.1 Å². The highest BCUT2D eigenvalue weighted by molar-refractivity contribution is 7.90. The smallest absolute Gasteiger partial charge is 0.147 e. The lowest BCUT2D eigenvalue weighted by Gasteiger charge is -2.10. The summed E-state index contributed by atoms with van der Waals surface area (Å²) in [6, 6.07) is 6.03. The molecular weight excluding hydrogens is 250 g/mol. The van der Waals surface area contributed by atoms with Crippen LogP contribution in [-0.4, -0.2) is 34.1 Å². The normalized spacial score (nSPS) is 11.5. The summed E-state index contributed by atoms with van der Waals surface area (Å²) in [4.78, 5) is 0. The molecule has 4 nitrogen and oxygen atoms in total. The van der Waals surface area contributed by atoms with Gasteiger partial charge in [-0.05, 0) is 26.0 Å². The molecule has 0 radical (unpaired) electrons. The number of nitrogens with one attached hydrogen (secondary N) is 1. The van der Waals surface area contributed by atoms with Gasteiger partial charge in [0.25, 0.3) is 0 Å². The van der Waals surface area contributed by atoms with Crippen LogP contribution in [0.2, 0.25) is 0 Å². The quantitative estimate of drug-likeness (QED) is 0.764. The maximum absolute atomic E-state index is 11.0. The number of hydrogen-bond donors (Lipinski definition) is 1. The van der Waals surface area contributed by atoms with E-state index in [4.69, 9.17) is 4.74 Å². The van der Waals surface area contributed by atoms with Gasteiger partial charge in [0, 0.05) is 18.4 Å². The van der Waals surface area contributed by atoms with Crippen LogP contribution in [0.3, 0.4) is 0 Å². The summed E-state index contributed by atoms with van der Waals surface area (Å²) in [5, 5.41) is 3.23. The molecule has 0 heterocycles. The van der Waals surface area contributed by atoms with Gasteiger partial charge in [0.2, 0.25) is 0 Å². The second kappa shape index (κ2) is 6.75. The van der Waals surface area contributed by atoms with Crippen LogP contribution >= 0.6 is 0 Å². The molecule has 0 aliphatic heterocycles. The third-order valence-corrected chi connectivity index (χ3v) is 3.65. The van der Waals surface area contributed by atoms with E-state index in [0.717, 1.165) is 11.3 Å². The number of rotatable bonds is 7. The standard InChI is InChI=1S/C13H21NO3S/c1-11-5-6-13(17-2)12(9-11)10-14-7-4-8-18(3,15)16/h5-6,9,14H,4,7-8,10H2,1-3H3. The van der Waals surface area contributed by atoms with E-state index in [-0.39, 0.29) is 5.75 Å². The highest BCUT2D eigenvalue weighted by Gasteiger charge is 2.04. The predicted molar refractivity (Wildman–Crippen MR) is 73.8 cm³/mol. The number of benzene rings is 1. The monoisotopic (exact) mass is 271 g/mol. The average Bonchev–Trinajstić information content (AvgIpc) is 2.27. The van der Waals surface area contributed by atoms with Gasteiger partial charge in [-0.15, -0.1) is 0 Å². The van der Waals surface area contributed by atoms with E-state index in [9.17, 15) is 8.42 Å². The highest BCUT2D eigenvalue weighted by atomic mass is 32.2. The number of ether oxygens (including phenoxy) is 1. The van der Waals surface area contributed by atoms with Crippen LogP contribution in [0.25, 0.3) is 0 Å². The highest BCUT2D eigenvalue weighted by Crippen LogP contribution is 2.19. The molecule has 0 bridgehead atoms. The fourth-order valence-electron chi connectivity index (χ4n) is 1.73. The number of hydrogen-bond acceptors (Lipinski definition) is 4. The largest absolute Gasteiger partial charge is 0.496 e. The van der Waals surface area contributed by atoms with E-state index >= 15 is 0 Å². The SMILES string of the molecule is COc1ccc(C)cc1CNCCCS(C)(=O)=O. The first-order valence-corrected chi connectivity index (χ1v) is 8.00. The van der Waals surface area contributed by atoms with Gasteiger partial charge in [0.1, 0.15) is 15.6 Å². The lowest BCUT2D eigenvalue weighted by Crippen LogP contribution is -2.18. The first-order valence-electron chi connectivity index (χ1n) is 5.94. The maximum atomic E-state index is 11.0. The third kappa shape index (κ3) is 5.51. The third-order valence-electron chi connectivity index (χ3n) is 2.62. The minimum absolute atomic E-state index is 0.227. The molecule has 1 N–H and O–H groups in total. The number of sulfone groups is 1. The summed E-state index contributed by atoms with van der Waals surface area (Å²) in [6.07, 6.45) is 1.89. The van der Waals surface area contributed by atoms with Crippen molar-refractivity contribution < 1.29 is 13.2 Å². The summed E-state index contributed by atoms with van der Waals surface area (Å²) in [6.45, 7) is 3.41. The van der Waals surface area contributed by atoms with Crippen LogP contribution in [0.5, 0.6) is 5.75 Å². The Morgan fingerprint density at radius 1 is 1.33 bits per heavy atom. The van der Waals surface area contributed by atoms with Crippen LogP contribution in [0.4, 0.5) is 0 Å². The van der Waals surface area contributed by atoms with Crippen molar-refractivity contribution in [3.05, 3.63) is 29.3 Å². The number of methoxy groups -OCH3 is 1. The van der Waals surface area contributed by atoms with E-state index in [1.807, 2.05) is 19.1 Å². The van der Waals surface area contributed by atoms with Gasteiger partial charge in [-0.1, -0.05) is 17.7 Å². The molecule has 1 aromatic rings. The summed E-state index contributed by atoms with van der Waals surface area (Å²) in [5.41, 5.74) is 2.28. The number of aryl methyl sites for hydroxylation is 1. The van der Waals surface area contributed by atoms with Crippen molar-refractivity contribution in [2.75, 3.05) is 25.7 Å². The van der Waals surface area contributed by atoms with Crippen molar-refractivity contribution in [1.82, 2.24) is 5.32 Å². The molecule has 1 aromatic carbocycles. The van der Waals surface area contributed by atoms with Gasteiger partial charge < -0.3 is 10.1 Å². The fourth-order valence-corrected chi connectivity index (χ4v) is 2.40.